The number of nitrogens with one attached hydrogen (secondary N) is 1. The lowest BCUT2D eigenvalue weighted by molar-refractivity contribution is 0.560. The number of pyridine rings is 1. The van der Waals surface area contributed by atoms with Crippen molar-refractivity contribution < 1.29 is 0 Å². The van der Waals surface area contributed by atoms with Gasteiger partial charge in [-0.2, -0.15) is 0 Å². The lowest BCUT2D eigenvalue weighted by Gasteiger charge is -2.21. The highest BCUT2D eigenvalue weighted by Gasteiger charge is 2.11. The molecule has 1 atom stereocenters. The number of nitrogens with zero attached hydrogens (tertiary/aromatic N) is 1. The first-order valence-electron chi connectivity index (χ1n) is 5.99. The molecular weight excluding hydrogens is 210 g/mol. The molecule has 1 aromatic heterocycles. The molecule has 0 spiro atoms. The van der Waals surface area contributed by atoms with E-state index in [1.165, 1.54) is 0 Å². The summed E-state index contributed by atoms with van der Waals surface area (Å²) in [5, 5.41) is 4.57. The molecule has 0 saturated heterocycles. The molecule has 3 N–H and O–H groups in total. The van der Waals surface area contributed by atoms with Crippen LogP contribution in [0.1, 0.15) is 20.8 Å². The Labute approximate surface area is 102 Å². The van der Waals surface area contributed by atoms with Crippen LogP contribution in [0.15, 0.2) is 30.5 Å². The van der Waals surface area contributed by atoms with Crippen molar-refractivity contribution in [3.8, 4) is 0 Å². The van der Waals surface area contributed by atoms with Gasteiger partial charge in [0, 0.05) is 11.4 Å². The van der Waals surface area contributed by atoms with Crippen molar-refractivity contribution in [2.24, 2.45) is 5.92 Å². The van der Waals surface area contributed by atoms with Gasteiger partial charge in [-0.05, 0) is 18.9 Å². The molecule has 3 nitrogen and oxygen atoms in total. The molecule has 0 aliphatic carbocycles. The van der Waals surface area contributed by atoms with Gasteiger partial charge in [-0.3, -0.25) is 4.98 Å². The summed E-state index contributed by atoms with van der Waals surface area (Å²) in [5.74, 6) is 0.557. The number of fused-ring (bicyclic) bond motifs is 1. The van der Waals surface area contributed by atoms with E-state index >= 15 is 0 Å². The largest absolute Gasteiger partial charge is 0.396 e. The third kappa shape index (κ3) is 2.33. The van der Waals surface area contributed by atoms with E-state index in [9.17, 15) is 0 Å². The average molecular weight is 229 g/mol. The Bertz CT molecular complexity index is 520. The number of nitrogens with two attached hydrogens (primary N) is 1. The highest BCUT2D eigenvalue weighted by atomic mass is 14.9. The van der Waals surface area contributed by atoms with E-state index in [1.807, 2.05) is 24.3 Å². The van der Waals surface area contributed by atoms with Crippen LogP contribution in [-0.4, -0.2) is 11.0 Å². The molecule has 90 valence electrons. The zero-order valence-electron chi connectivity index (χ0n) is 10.6. The van der Waals surface area contributed by atoms with Crippen LogP contribution >= 0.6 is 0 Å². The fourth-order valence-electron chi connectivity index (χ4n) is 1.71. The second-order valence-corrected chi connectivity index (χ2v) is 4.78. The van der Waals surface area contributed by atoms with Crippen LogP contribution in [0.4, 0.5) is 11.4 Å². The number of hydrogen-bond donors (Lipinski definition) is 2. The maximum atomic E-state index is 6.01. The Hall–Kier alpha value is -1.77. The minimum absolute atomic E-state index is 0.378. The fourth-order valence-corrected chi connectivity index (χ4v) is 1.71. The van der Waals surface area contributed by atoms with Crippen molar-refractivity contribution in [3.63, 3.8) is 0 Å². The molecule has 0 bridgehead atoms. The van der Waals surface area contributed by atoms with Crippen molar-refractivity contribution in [2.75, 3.05) is 11.1 Å². The van der Waals surface area contributed by atoms with Crippen molar-refractivity contribution in [3.05, 3.63) is 30.5 Å². The molecule has 0 aliphatic heterocycles. The van der Waals surface area contributed by atoms with Crippen LogP contribution in [0.5, 0.6) is 0 Å². The Morgan fingerprint density at radius 2 is 1.88 bits per heavy atom. The lowest BCUT2D eigenvalue weighted by Crippen LogP contribution is -2.22. The Morgan fingerprint density at radius 3 is 2.59 bits per heavy atom. The van der Waals surface area contributed by atoms with Crippen molar-refractivity contribution in [1.82, 2.24) is 4.98 Å². The van der Waals surface area contributed by atoms with E-state index in [1.54, 1.807) is 6.20 Å². The Balaban J connectivity index is 2.48. The van der Waals surface area contributed by atoms with Gasteiger partial charge < -0.3 is 11.1 Å². The molecule has 2 rings (SSSR count). The molecule has 2 aromatic rings. The SMILES string of the molecule is CC(C)[C@@H](C)Nc1c(N)cnc2ccccc12. The van der Waals surface area contributed by atoms with Gasteiger partial charge in [0.1, 0.15) is 0 Å². The zero-order chi connectivity index (χ0) is 12.4. The van der Waals surface area contributed by atoms with Crippen LogP contribution in [-0.2, 0) is 0 Å². The van der Waals surface area contributed by atoms with Crippen molar-refractivity contribution >= 4 is 22.3 Å². The molecule has 0 unspecified atom stereocenters. The topological polar surface area (TPSA) is 50.9 Å². The van der Waals surface area contributed by atoms with E-state index in [2.05, 4.69) is 31.1 Å². The third-order valence-corrected chi connectivity index (χ3v) is 3.18. The van der Waals surface area contributed by atoms with E-state index in [0.717, 1.165) is 16.6 Å². The van der Waals surface area contributed by atoms with Gasteiger partial charge in [-0.1, -0.05) is 32.0 Å². The zero-order valence-corrected chi connectivity index (χ0v) is 10.6. The standard InChI is InChI=1S/C14H19N3/c1-9(2)10(3)17-14-11-6-4-5-7-13(11)16-8-12(14)15/h4-10H,15H2,1-3H3,(H,16,17)/t10-/m1/s1. The predicted molar refractivity (Wildman–Crippen MR) is 74.1 cm³/mol. The molecule has 17 heavy (non-hydrogen) atoms. The maximum absolute atomic E-state index is 6.01. The third-order valence-electron chi connectivity index (χ3n) is 3.18. The van der Waals surface area contributed by atoms with Gasteiger partial charge in [0.2, 0.25) is 0 Å². The molecular formula is C14H19N3. The molecule has 0 fully saturated rings. The van der Waals surface area contributed by atoms with Crippen LogP contribution in [0.25, 0.3) is 10.9 Å². The van der Waals surface area contributed by atoms with Gasteiger partial charge >= 0.3 is 0 Å². The second-order valence-electron chi connectivity index (χ2n) is 4.78. The van der Waals surface area contributed by atoms with Gasteiger partial charge in [0.15, 0.2) is 0 Å². The molecule has 0 amide bonds. The molecule has 0 aliphatic rings. The number of benzene rings is 1. The quantitative estimate of drug-likeness (QED) is 0.849. The van der Waals surface area contributed by atoms with E-state index in [0.29, 0.717) is 17.6 Å². The van der Waals surface area contributed by atoms with Crippen molar-refractivity contribution in [2.45, 2.75) is 26.8 Å². The van der Waals surface area contributed by atoms with Gasteiger partial charge in [0.05, 0.1) is 23.1 Å². The van der Waals surface area contributed by atoms with Crippen LogP contribution in [0.2, 0.25) is 0 Å². The molecule has 3 heteroatoms. The van der Waals surface area contributed by atoms with Gasteiger partial charge in [0.25, 0.3) is 0 Å². The summed E-state index contributed by atoms with van der Waals surface area (Å²) in [7, 11) is 0. The number of para-hydroxylation sites is 1. The number of hydrogen-bond acceptors (Lipinski definition) is 3. The Morgan fingerprint density at radius 1 is 1.18 bits per heavy atom. The summed E-state index contributed by atoms with van der Waals surface area (Å²) >= 11 is 0. The van der Waals surface area contributed by atoms with Gasteiger partial charge in [-0.25, -0.2) is 0 Å². The highest BCUT2D eigenvalue weighted by Crippen LogP contribution is 2.28. The van der Waals surface area contributed by atoms with Crippen molar-refractivity contribution in [1.29, 1.82) is 0 Å². The summed E-state index contributed by atoms with van der Waals surface area (Å²) in [6.07, 6.45) is 1.72. The van der Waals surface area contributed by atoms with E-state index in [-0.39, 0.29) is 0 Å². The minimum atomic E-state index is 0.378. The van der Waals surface area contributed by atoms with Crippen LogP contribution in [0, 0.1) is 5.92 Å². The molecule has 0 radical (unpaired) electrons. The number of anilines is 2. The average Bonchev–Trinajstić information content (AvgIpc) is 2.32. The fraction of sp³-hybridized carbons (Fsp3) is 0.357. The summed E-state index contributed by atoms with van der Waals surface area (Å²) in [4.78, 5) is 4.33. The van der Waals surface area contributed by atoms with Crippen LogP contribution in [0.3, 0.4) is 0 Å². The minimum Gasteiger partial charge on any atom is -0.396 e. The number of nitrogen functional groups attached to an aromatic ring is 1. The second kappa shape index (κ2) is 4.62. The number of aromatic nitrogens is 1. The predicted octanol–water partition coefficient (Wildman–Crippen LogP) is 3.27. The lowest BCUT2D eigenvalue weighted by atomic mass is 10.1. The molecule has 1 heterocycles. The first-order chi connectivity index (χ1) is 8.09. The maximum Gasteiger partial charge on any atom is 0.0743 e. The normalized spacial score (nSPS) is 12.9. The summed E-state index contributed by atoms with van der Waals surface area (Å²) < 4.78 is 0. The number of rotatable bonds is 3. The first kappa shape index (κ1) is 11.7. The van der Waals surface area contributed by atoms with Crippen LogP contribution < -0.4 is 11.1 Å². The summed E-state index contributed by atoms with van der Waals surface area (Å²) in [5.41, 5.74) is 8.68. The summed E-state index contributed by atoms with van der Waals surface area (Å²) in [6, 6.07) is 8.42. The van der Waals surface area contributed by atoms with E-state index in [4.69, 9.17) is 5.73 Å². The smallest absolute Gasteiger partial charge is 0.0743 e. The monoisotopic (exact) mass is 229 g/mol. The first-order valence-corrected chi connectivity index (χ1v) is 5.99. The molecule has 0 saturated carbocycles. The van der Waals surface area contributed by atoms with Gasteiger partial charge in [-0.15, -0.1) is 0 Å². The molecule has 1 aromatic carbocycles. The van der Waals surface area contributed by atoms with E-state index < -0.39 is 0 Å². The highest BCUT2D eigenvalue weighted by molar-refractivity contribution is 5.96. The summed E-state index contributed by atoms with van der Waals surface area (Å²) in [6.45, 7) is 6.55. The Kier molecular flexibility index (Phi) is 3.18.